The number of unbranched alkanes of at least 4 members (excludes halogenated alkanes) is 1. The Bertz CT molecular complexity index is 728. The Kier molecular flexibility index (Phi) is 8.06. The van der Waals surface area contributed by atoms with Gasteiger partial charge in [0.2, 0.25) is 11.8 Å². The zero-order valence-corrected chi connectivity index (χ0v) is 17.8. The van der Waals surface area contributed by atoms with E-state index in [-0.39, 0.29) is 5.91 Å². The van der Waals surface area contributed by atoms with Gasteiger partial charge in [0, 0.05) is 11.3 Å². The Morgan fingerprint density at radius 1 is 1.24 bits per heavy atom. The molecule has 1 saturated heterocycles. The highest BCUT2D eigenvalue weighted by atomic mass is 32.2. The molecule has 2 rings (SSSR count). The van der Waals surface area contributed by atoms with E-state index in [2.05, 4.69) is 16.0 Å². The van der Waals surface area contributed by atoms with Crippen LogP contribution in [0.3, 0.4) is 0 Å². The molecule has 0 saturated carbocycles. The molecule has 0 unspecified atom stereocenters. The van der Waals surface area contributed by atoms with Gasteiger partial charge in [0.15, 0.2) is 0 Å². The fourth-order valence-corrected chi connectivity index (χ4v) is 4.65. The van der Waals surface area contributed by atoms with Crippen molar-refractivity contribution in [1.29, 1.82) is 0 Å². The number of thioether (sulfide) groups is 1. The van der Waals surface area contributed by atoms with E-state index < -0.39 is 40.1 Å². The number of carbonyl (C=O) groups excluding carboxylic acids is 2. The number of benzene rings is 1. The molecule has 0 radical (unpaired) electrons. The molecule has 1 aromatic rings. The van der Waals surface area contributed by atoms with Gasteiger partial charge in [-0.15, -0.1) is 11.8 Å². The largest absolute Gasteiger partial charge is 0.480 e. The van der Waals surface area contributed by atoms with Crippen molar-refractivity contribution in [3.63, 3.8) is 0 Å². The lowest BCUT2D eigenvalue weighted by Crippen LogP contribution is -2.58. The van der Waals surface area contributed by atoms with Crippen LogP contribution in [0.15, 0.2) is 30.3 Å². The molecule has 1 aliphatic heterocycles. The van der Waals surface area contributed by atoms with Crippen molar-refractivity contribution in [2.45, 2.75) is 61.9 Å². The predicted molar refractivity (Wildman–Crippen MR) is 113 cm³/mol. The molecular weight excluding hydrogens is 392 g/mol. The van der Waals surface area contributed by atoms with E-state index in [1.54, 1.807) is 38.1 Å². The Hall–Kier alpha value is -2.10. The smallest absolute Gasteiger partial charge is 0.322 e. The van der Waals surface area contributed by atoms with E-state index in [4.69, 9.17) is 5.73 Å². The molecule has 0 spiro atoms. The number of hydrogen-bond donors (Lipinski definition) is 5. The first-order chi connectivity index (χ1) is 13.7. The number of carboxylic acids is 1. The van der Waals surface area contributed by atoms with Gasteiger partial charge in [-0.2, -0.15) is 0 Å². The van der Waals surface area contributed by atoms with Gasteiger partial charge in [0.05, 0.1) is 5.37 Å². The summed E-state index contributed by atoms with van der Waals surface area (Å²) in [5.74, 6) is -1.85. The first kappa shape index (κ1) is 23.2. The van der Waals surface area contributed by atoms with Crippen LogP contribution in [0.1, 0.15) is 45.2 Å². The molecule has 2 amide bonds. The average molecular weight is 423 g/mol. The number of nitrogens with one attached hydrogen (secondary N) is 3. The van der Waals surface area contributed by atoms with Crippen molar-refractivity contribution in [3.8, 4) is 0 Å². The van der Waals surface area contributed by atoms with E-state index in [1.165, 1.54) is 11.8 Å². The number of carboxylic acid groups (broad SMARTS) is 1. The summed E-state index contributed by atoms with van der Waals surface area (Å²) in [5, 5.41) is 17.4. The van der Waals surface area contributed by atoms with Crippen LogP contribution in [0.2, 0.25) is 0 Å². The van der Waals surface area contributed by atoms with Crippen molar-refractivity contribution >= 4 is 29.5 Å². The first-order valence-electron chi connectivity index (χ1n) is 9.72. The summed E-state index contributed by atoms with van der Waals surface area (Å²) < 4.78 is -0.648. The van der Waals surface area contributed by atoms with Crippen molar-refractivity contribution in [2.24, 2.45) is 5.73 Å². The number of hydrogen-bond acceptors (Lipinski definition) is 6. The van der Waals surface area contributed by atoms with Crippen LogP contribution in [0.5, 0.6) is 0 Å². The molecule has 0 aliphatic carbocycles. The Morgan fingerprint density at radius 2 is 1.90 bits per heavy atom. The maximum Gasteiger partial charge on any atom is 0.322 e. The molecule has 0 aromatic heterocycles. The molecule has 0 bridgehead atoms. The van der Waals surface area contributed by atoms with Crippen molar-refractivity contribution in [2.75, 3.05) is 6.54 Å². The standard InChI is InChI=1S/C20H30N4O4S/c1-4-5-11-22-17(26)14(18-24-15(19(27)28)20(2,3)29-18)23-16(25)13(21)12-9-7-6-8-10-12/h6-10,13-15,18,24H,4-5,11,21H2,1-3H3,(H,22,26)(H,23,25)(H,27,28)/t13-,14-,15+,18-/m1/s1. The van der Waals surface area contributed by atoms with Crippen LogP contribution in [0.4, 0.5) is 0 Å². The van der Waals surface area contributed by atoms with Crippen molar-refractivity contribution in [1.82, 2.24) is 16.0 Å². The fraction of sp³-hybridized carbons (Fsp3) is 0.550. The lowest BCUT2D eigenvalue weighted by Gasteiger charge is -2.26. The highest BCUT2D eigenvalue weighted by Gasteiger charge is 2.49. The van der Waals surface area contributed by atoms with E-state index in [0.29, 0.717) is 12.1 Å². The van der Waals surface area contributed by atoms with Crippen molar-refractivity contribution in [3.05, 3.63) is 35.9 Å². The zero-order valence-electron chi connectivity index (χ0n) is 17.0. The zero-order chi connectivity index (χ0) is 21.6. The molecule has 160 valence electrons. The van der Waals surface area contributed by atoms with E-state index in [0.717, 1.165) is 12.8 Å². The topological polar surface area (TPSA) is 134 Å². The monoisotopic (exact) mass is 422 g/mol. The lowest BCUT2D eigenvalue weighted by molar-refractivity contribution is -0.140. The van der Waals surface area contributed by atoms with Gasteiger partial charge >= 0.3 is 5.97 Å². The molecule has 4 atom stereocenters. The second-order valence-corrected chi connectivity index (χ2v) is 9.39. The average Bonchev–Trinajstić information content (AvgIpc) is 3.01. The highest BCUT2D eigenvalue weighted by Crippen LogP contribution is 2.39. The SMILES string of the molecule is CCCCNC(=O)[C@@H](NC(=O)[C@H](N)c1ccccc1)[C@@H]1N[C@@H](C(=O)O)C(C)(C)S1. The number of carbonyl (C=O) groups is 3. The van der Waals surface area contributed by atoms with E-state index >= 15 is 0 Å². The summed E-state index contributed by atoms with van der Waals surface area (Å²) in [4.78, 5) is 37.2. The number of aliphatic carboxylic acids is 1. The molecule has 6 N–H and O–H groups in total. The van der Waals surface area contributed by atoms with Crippen molar-refractivity contribution < 1.29 is 19.5 Å². The molecule has 1 aliphatic rings. The number of nitrogens with two attached hydrogens (primary N) is 1. The third kappa shape index (κ3) is 5.94. The predicted octanol–water partition coefficient (Wildman–Crippen LogP) is 0.982. The maximum absolute atomic E-state index is 12.8. The molecular formula is C20H30N4O4S. The number of amides is 2. The Labute approximate surface area is 175 Å². The summed E-state index contributed by atoms with van der Waals surface area (Å²) in [6, 6.07) is 6.14. The first-order valence-corrected chi connectivity index (χ1v) is 10.6. The number of rotatable bonds is 9. The van der Waals surface area contributed by atoms with Gasteiger partial charge in [0.25, 0.3) is 0 Å². The fourth-order valence-electron chi connectivity index (χ4n) is 3.16. The molecule has 29 heavy (non-hydrogen) atoms. The second-order valence-electron chi connectivity index (χ2n) is 7.60. The lowest BCUT2D eigenvalue weighted by atomic mass is 10.0. The normalized spacial score (nSPS) is 22.5. The summed E-state index contributed by atoms with van der Waals surface area (Å²) in [6.45, 7) is 6.09. The van der Waals surface area contributed by atoms with Gasteiger partial charge in [-0.1, -0.05) is 43.7 Å². The quantitative estimate of drug-likeness (QED) is 0.375. The van der Waals surface area contributed by atoms with Crippen LogP contribution < -0.4 is 21.7 Å². The third-order valence-electron chi connectivity index (χ3n) is 4.86. The summed E-state index contributed by atoms with van der Waals surface area (Å²) >= 11 is 1.32. The summed E-state index contributed by atoms with van der Waals surface area (Å²) in [5.41, 5.74) is 6.70. The van der Waals surface area contributed by atoms with Gasteiger partial charge in [-0.05, 0) is 25.8 Å². The minimum Gasteiger partial charge on any atom is -0.480 e. The summed E-state index contributed by atoms with van der Waals surface area (Å²) in [6.07, 6.45) is 1.73. The van der Waals surface area contributed by atoms with Gasteiger partial charge in [0.1, 0.15) is 18.1 Å². The molecule has 1 aromatic carbocycles. The molecule has 9 heteroatoms. The minimum absolute atomic E-state index is 0.362. The van der Waals surface area contributed by atoms with Gasteiger partial charge in [-0.3, -0.25) is 19.7 Å². The molecule has 8 nitrogen and oxygen atoms in total. The molecule has 1 heterocycles. The van der Waals surface area contributed by atoms with Gasteiger partial charge in [-0.25, -0.2) is 0 Å². The maximum atomic E-state index is 12.8. The second kappa shape index (κ2) is 10.1. The molecule has 1 fully saturated rings. The van der Waals surface area contributed by atoms with Crippen LogP contribution in [0.25, 0.3) is 0 Å². The Balaban J connectivity index is 2.18. The van der Waals surface area contributed by atoms with Crippen LogP contribution >= 0.6 is 11.8 Å². The third-order valence-corrected chi connectivity index (χ3v) is 6.36. The Morgan fingerprint density at radius 3 is 2.45 bits per heavy atom. The van der Waals surface area contributed by atoms with Crippen LogP contribution in [-0.4, -0.2) is 51.6 Å². The minimum atomic E-state index is -0.998. The highest BCUT2D eigenvalue weighted by molar-refractivity contribution is 8.01. The van der Waals surface area contributed by atoms with E-state index in [1.807, 2.05) is 13.0 Å². The van der Waals surface area contributed by atoms with E-state index in [9.17, 15) is 19.5 Å². The summed E-state index contributed by atoms with van der Waals surface area (Å²) in [7, 11) is 0. The van der Waals surface area contributed by atoms with Crippen LogP contribution in [-0.2, 0) is 14.4 Å². The van der Waals surface area contributed by atoms with Crippen LogP contribution in [0, 0.1) is 0 Å². The van der Waals surface area contributed by atoms with Gasteiger partial charge < -0.3 is 21.5 Å².